The minimum absolute atomic E-state index is 0.297. The number of thiazole rings is 1. The molecule has 5 nitrogen and oxygen atoms in total. The lowest BCUT2D eigenvalue weighted by atomic mass is 10.1. The number of methoxy groups -OCH3 is 1. The number of ether oxygens (including phenoxy) is 1. The second-order valence-corrected chi connectivity index (χ2v) is 5.08. The van der Waals surface area contributed by atoms with Gasteiger partial charge in [-0.15, -0.1) is 5.10 Å². The molecule has 2 N–H and O–H groups in total. The Labute approximate surface area is 108 Å². The molecule has 0 radical (unpaired) electrons. The second-order valence-electron chi connectivity index (χ2n) is 3.90. The van der Waals surface area contributed by atoms with Crippen LogP contribution in [0, 0.1) is 6.92 Å². The van der Waals surface area contributed by atoms with Gasteiger partial charge >= 0.3 is 0 Å². The van der Waals surface area contributed by atoms with E-state index in [4.69, 9.17) is 10.5 Å². The molecule has 0 unspecified atom stereocenters. The van der Waals surface area contributed by atoms with Gasteiger partial charge in [0.1, 0.15) is 5.75 Å². The van der Waals surface area contributed by atoms with Gasteiger partial charge in [0.15, 0.2) is 0 Å². The van der Waals surface area contributed by atoms with Crippen LogP contribution in [0.2, 0.25) is 0 Å². The summed E-state index contributed by atoms with van der Waals surface area (Å²) < 4.78 is 7.03. The Morgan fingerprint density at radius 3 is 3.00 bits per heavy atom. The Morgan fingerprint density at radius 1 is 1.39 bits per heavy atom. The number of hydrogen-bond acceptors (Lipinski definition) is 5. The lowest BCUT2D eigenvalue weighted by Crippen LogP contribution is -1.93. The van der Waals surface area contributed by atoms with Gasteiger partial charge in [-0.2, -0.15) is 4.98 Å². The molecule has 2 aromatic heterocycles. The first-order valence-electron chi connectivity index (χ1n) is 5.45. The minimum Gasteiger partial charge on any atom is -0.497 e. The van der Waals surface area contributed by atoms with Crippen molar-refractivity contribution in [3.63, 3.8) is 0 Å². The Balaban J connectivity index is 2.25. The van der Waals surface area contributed by atoms with Crippen LogP contribution in [0.1, 0.15) is 4.88 Å². The van der Waals surface area contributed by atoms with Crippen molar-refractivity contribution in [1.82, 2.24) is 14.6 Å². The monoisotopic (exact) mass is 260 g/mol. The molecule has 0 bridgehead atoms. The molecule has 3 rings (SSSR count). The number of rotatable bonds is 2. The van der Waals surface area contributed by atoms with Crippen LogP contribution in [-0.2, 0) is 0 Å². The van der Waals surface area contributed by atoms with Gasteiger partial charge in [-0.1, -0.05) is 23.5 Å². The highest BCUT2D eigenvalue weighted by Gasteiger charge is 2.14. The van der Waals surface area contributed by atoms with Gasteiger partial charge < -0.3 is 10.5 Å². The summed E-state index contributed by atoms with van der Waals surface area (Å²) in [7, 11) is 1.66. The van der Waals surface area contributed by atoms with Crippen LogP contribution < -0.4 is 10.5 Å². The highest BCUT2D eigenvalue weighted by Crippen LogP contribution is 2.32. The number of nitrogens with two attached hydrogens (primary N) is 1. The maximum absolute atomic E-state index is 5.63. The third-order valence-electron chi connectivity index (χ3n) is 2.73. The van der Waals surface area contributed by atoms with Crippen molar-refractivity contribution >= 4 is 22.2 Å². The first-order chi connectivity index (χ1) is 8.69. The summed E-state index contributed by atoms with van der Waals surface area (Å²) >= 11 is 1.58. The highest BCUT2D eigenvalue weighted by molar-refractivity contribution is 7.17. The van der Waals surface area contributed by atoms with E-state index in [-0.39, 0.29) is 0 Å². The van der Waals surface area contributed by atoms with Crippen LogP contribution in [0.4, 0.5) is 5.95 Å². The maximum Gasteiger partial charge on any atom is 0.241 e. The van der Waals surface area contributed by atoms with E-state index in [0.717, 1.165) is 26.8 Å². The molecule has 0 saturated carbocycles. The number of anilines is 1. The molecular weight excluding hydrogens is 248 g/mol. The van der Waals surface area contributed by atoms with E-state index in [1.54, 1.807) is 23.0 Å². The number of nitrogen functional groups attached to an aromatic ring is 1. The lowest BCUT2D eigenvalue weighted by Gasteiger charge is -2.04. The Morgan fingerprint density at radius 2 is 2.22 bits per heavy atom. The molecule has 0 amide bonds. The van der Waals surface area contributed by atoms with Crippen LogP contribution in [0.15, 0.2) is 24.3 Å². The van der Waals surface area contributed by atoms with Crippen molar-refractivity contribution in [3.8, 4) is 17.0 Å². The van der Waals surface area contributed by atoms with Crippen molar-refractivity contribution < 1.29 is 4.74 Å². The summed E-state index contributed by atoms with van der Waals surface area (Å²) in [6.07, 6.45) is 0. The van der Waals surface area contributed by atoms with Crippen LogP contribution >= 0.6 is 11.3 Å². The van der Waals surface area contributed by atoms with Gasteiger partial charge in [0, 0.05) is 10.4 Å². The molecule has 0 spiro atoms. The smallest absolute Gasteiger partial charge is 0.241 e. The average molecular weight is 260 g/mol. The summed E-state index contributed by atoms with van der Waals surface area (Å²) in [5.41, 5.74) is 7.68. The van der Waals surface area contributed by atoms with Crippen molar-refractivity contribution in [1.29, 1.82) is 0 Å². The summed E-state index contributed by atoms with van der Waals surface area (Å²) in [6, 6.07) is 7.87. The lowest BCUT2D eigenvalue weighted by molar-refractivity contribution is 0.415. The molecule has 92 valence electrons. The van der Waals surface area contributed by atoms with E-state index in [9.17, 15) is 0 Å². The first-order valence-corrected chi connectivity index (χ1v) is 6.27. The highest BCUT2D eigenvalue weighted by atomic mass is 32.1. The molecule has 0 aliphatic rings. The number of aromatic nitrogens is 3. The van der Waals surface area contributed by atoms with Crippen molar-refractivity contribution in [2.24, 2.45) is 0 Å². The third-order valence-corrected chi connectivity index (χ3v) is 3.67. The van der Waals surface area contributed by atoms with Crippen LogP contribution in [-0.4, -0.2) is 21.7 Å². The maximum atomic E-state index is 5.63. The average Bonchev–Trinajstić information content (AvgIpc) is 2.83. The predicted octanol–water partition coefficient (Wildman–Crippen LogP) is 2.36. The molecular formula is C12H12N4OS. The number of aryl methyl sites for hydroxylation is 1. The van der Waals surface area contributed by atoms with E-state index in [0.29, 0.717) is 5.95 Å². The van der Waals surface area contributed by atoms with Crippen LogP contribution in [0.5, 0.6) is 5.75 Å². The molecule has 0 aliphatic carbocycles. The topological polar surface area (TPSA) is 65.4 Å². The SMILES string of the molecule is COc1cccc(-c2c(C)sc3nc(N)nn23)c1. The number of benzene rings is 1. The standard InChI is InChI=1S/C12H12N4OS/c1-7-10(8-4-3-5-9(6-8)17-2)16-12(18-7)14-11(13)15-16/h3-6H,1-2H3,(H2,13,15). The molecule has 0 fully saturated rings. The fourth-order valence-corrected chi connectivity index (χ4v) is 2.89. The quantitative estimate of drug-likeness (QED) is 0.768. The molecule has 1 aromatic carbocycles. The van der Waals surface area contributed by atoms with Gasteiger partial charge in [0.2, 0.25) is 10.9 Å². The molecule has 0 aliphatic heterocycles. The predicted molar refractivity (Wildman–Crippen MR) is 72.0 cm³/mol. The van der Waals surface area contributed by atoms with E-state index in [1.165, 1.54) is 0 Å². The molecule has 0 atom stereocenters. The fourth-order valence-electron chi connectivity index (χ4n) is 1.95. The van der Waals surface area contributed by atoms with Crippen molar-refractivity contribution in [2.45, 2.75) is 6.92 Å². The van der Waals surface area contributed by atoms with E-state index in [2.05, 4.69) is 10.1 Å². The summed E-state index contributed by atoms with van der Waals surface area (Å²) in [5.74, 6) is 1.12. The second kappa shape index (κ2) is 3.99. The van der Waals surface area contributed by atoms with Gasteiger partial charge in [-0.05, 0) is 19.1 Å². The van der Waals surface area contributed by atoms with Crippen LogP contribution in [0.25, 0.3) is 16.2 Å². The van der Waals surface area contributed by atoms with E-state index < -0.39 is 0 Å². The van der Waals surface area contributed by atoms with Gasteiger partial charge in [0.25, 0.3) is 0 Å². The zero-order valence-corrected chi connectivity index (χ0v) is 10.9. The first kappa shape index (κ1) is 11.0. The fraction of sp³-hybridized carbons (Fsp3) is 0.167. The largest absolute Gasteiger partial charge is 0.497 e. The minimum atomic E-state index is 0.297. The van der Waals surface area contributed by atoms with Crippen molar-refractivity contribution in [3.05, 3.63) is 29.1 Å². The zero-order valence-electron chi connectivity index (χ0n) is 10.0. The Hall–Kier alpha value is -2.08. The van der Waals surface area contributed by atoms with Gasteiger partial charge in [-0.25, -0.2) is 4.52 Å². The van der Waals surface area contributed by atoms with Gasteiger partial charge in [-0.3, -0.25) is 0 Å². The normalized spacial score (nSPS) is 11.0. The molecule has 6 heteroatoms. The Bertz CT molecular complexity index is 716. The molecule has 18 heavy (non-hydrogen) atoms. The third kappa shape index (κ3) is 1.62. The zero-order chi connectivity index (χ0) is 12.7. The van der Waals surface area contributed by atoms with Crippen LogP contribution in [0.3, 0.4) is 0 Å². The molecule has 2 heterocycles. The van der Waals surface area contributed by atoms with Crippen molar-refractivity contribution in [2.75, 3.05) is 12.8 Å². The summed E-state index contributed by atoms with van der Waals surface area (Å²) in [6.45, 7) is 2.05. The number of fused-ring (bicyclic) bond motifs is 1. The molecule has 3 aromatic rings. The van der Waals surface area contributed by atoms with E-state index >= 15 is 0 Å². The summed E-state index contributed by atoms with van der Waals surface area (Å²) in [5, 5.41) is 4.22. The van der Waals surface area contributed by atoms with Gasteiger partial charge in [0.05, 0.1) is 12.8 Å². The number of hydrogen-bond donors (Lipinski definition) is 1. The molecule has 0 saturated heterocycles. The Kier molecular flexibility index (Phi) is 2.45. The summed E-state index contributed by atoms with van der Waals surface area (Å²) in [4.78, 5) is 6.14. The number of nitrogens with zero attached hydrogens (tertiary/aromatic N) is 3. The van der Waals surface area contributed by atoms with E-state index in [1.807, 2.05) is 31.2 Å².